The molecule has 2 aromatic rings. The number of aliphatic hydroxyl groups is 1. The molecule has 0 aliphatic heterocycles. The fraction of sp³-hybridized carbons (Fsp3) is 0.636. The van der Waals surface area contributed by atoms with Crippen molar-refractivity contribution < 1.29 is 5.11 Å². The van der Waals surface area contributed by atoms with Crippen molar-refractivity contribution in [2.24, 2.45) is 0 Å². The van der Waals surface area contributed by atoms with Gasteiger partial charge >= 0.3 is 0 Å². The van der Waals surface area contributed by atoms with E-state index in [9.17, 15) is 5.11 Å². The molecule has 0 bridgehead atoms. The second kappa shape index (κ2) is 5.72. The molecule has 7 heteroatoms. The van der Waals surface area contributed by atoms with Crippen LogP contribution in [0.25, 0.3) is 0 Å². The zero-order valence-electron chi connectivity index (χ0n) is 10.4. The third-order valence-electron chi connectivity index (χ3n) is 2.92. The summed E-state index contributed by atoms with van der Waals surface area (Å²) in [4.78, 5) is 8.13. The Morgan fingerprint density at radius 2 is 1.67 bits per heavy atom. The molecule has 0 saturated carbocycles. The van der Waals surface area contributed by atoms with Crippen LogP contribution in [0.3, 0.4) is 0 Å². The molecule has 0 aromatic carbocycles. The summed E-state index contributed by atoms with van der Waals surface area (Å²) in [7, 11) is 0. The number of H-pyrrole nitrogens is 2. The maximum atomic E-state index is 10.7. The molecule has 0 spiro atoms. The summed E-state index contributed by atoms with van der Waals surface area (Å²) < 4.78 is 0. The Balaban J connectivity index is 2.06. The third kappa shape index (κ3) is 3.36. The van der Waals surface area contributed by atoms with Gasteiger partial charge in [0.25, 0.3) is 0 Å². The smallest absolute Gasteiger partial charge is 0.137 e. The van der Waals surface area contributed by atoms with Crippen LogP contribution in [-0.4, -0.2) is 41.1 Å². The van der Waals surface area contributed by atoms with Crippen LogP contribution in [-0.2, 0) is 12.8 Å². The molecular formula is C11H18N6O. The van der Waals surface area contributed by atoms with Crippen molar-refractivity contribution >= 4 is 0 Å². The fourth-order valence-electron chi connectivity index (χ4n) is 2.00. The lowest BCUT2D eigenvalue weighted by Gasteiger charge is -2.26. The lowest BCUT2D eigenvalue weighted by Crippen LogP contribution is -2.35. The van der Waals surface area contributed by atoms with Gasteiger partial charge in [-0.15, -0.1) is 0 Å². The second-order valence-electron chi connectivity index (χ2n) is 4.55. The summed E-state index contributed by atoms with van der Waals surface area (Å²) in [6.45, 7) is 2.10. The van der Waals surface area contributed by atoms with Crippen molar-refractivity contribution in [3.63, 3.8) is 0 Å². The van der Waals surface area contributed by atoms with Gasteiger partial charge in [0.15, 0.2) is 0 Å². The lowest BCUT2D eigenvalue weighted by atomic mass is 9.89. The van der Waals surface area contributed by atoms with Gasteiger partial charge in [-0.3, -0.25) is 10.2 Å². The molecule has 98 valence electrons. The lowest BCUT2D eigenvalue weighted by molar-refractivity contribution is 0.0261. The van der Waals surface area contributed by atoms with Gasteiger partial charge in [0.1, 0.15) is 24.3 Å². The van der Waals surface area contributed by atoms with E-state index in [1.807, 2.05) is 0 Å². The summed E-state index contributed by atoms with van der Waals surface area (Å²) in [6, 6.07) is 0. The molecule has 0 aliphatic carbocycles. The molecule has 7 nitrogen and oxygen atoms in total. The molecule has 0 atom stereocenters. The van der Waals surface area contributed by atoms with Gasteiger partial charge in [-0.1, -0.05) is 19.8 Å². The van der Waals surface area contributed by atoms with Crippen LogP contribution < -0.4 is 0 Å². The highest BCUT2D eigenvalue weighted by Crippen LogP contribution is 2.22. The summed E-state index contributed by atoms with van der Waals surface area (Å²) in [5.41, 5.74) is -0.866. The van der Waals surface area contributed by atoms with Gasteiger partial charge in [-0.2, -0.15) is 10.2 Å². The quantitative estimate of drug-likeness (QED) is 0.668. The molecule has 0 radical (unpaired) electrons. The van der Waals surface area contributed by atoms with Gasteiger partial charge in [-0.05, 0) is 6.42 Å². The van der Waals surface area contributed by atoms with Gasteiger partial charge in [0.05, 0.1) is 5.60 Å². The van der Waals surface area contributed by atoms with Crippen LogP contribution in [0.15, 0.2) is 12.7 Å². The molecule has 3 N–H and O–H groups in total. The maximum absolute atomic E-state index is 10.7. The summed E-state index contributed by atoms with van der Waals surface area (Å²) in [5, 5.41) is 23.9. The predicted octanol–water partition coefficient (Wildman–Crippen LogP) is 0.629. The zero-order valence-corrected chi connectivity index (χ0v) is 10.4. The number of aromatic amines is 2. The van der Waals surface area contributed by atoms with E-state index in [0.29, 0.717) is 30.9 Å². The van der Waals surface area contributed by atoms with Crippen LogP contribution in [0.5, 0.6) is 0 Å². The molecule has 0 aliphatic rings. The third-order valence-corrected chi connectivity index (χ3v) is 2.92. The highest BCUT2D eigenvalue weighted by Gasteiger charge is 2.29. The van der Waals surface area contributed by atoms with E-state index < -0.39 is 5.60 Å². The minimum absolute atomic E-state index is 0.438. The predicted molar refractivity (Wildman–Crippen MR) is 64.6 cm³/mol. The molecule has 0 unspecified atom stereocenters. The number of hydrogen-bond donors (Lipinski definition) is 3. The van der Waals surface area contributed by atoms with Crippen LogP contribution in [0, 0.1) is 0 Å². The van der Waals surface area contributed by atoms with Crippen LogP contribution >= 0.6 is 0 Å². The molecule has 2 aromatic heterocycles. The van der Waals surface area contributed by atoms with Crippen molar-refractivity contribution in [3.8, 4) is 0 Å². The second-order valence-corrected chi connectivity index (χ2v) is 4.55. The Bertz CT molecular complexity index is 402. The monoisotopic (exact) mass is 250 g/mol. The van der Waals surface area contributed by atoms with Crippen molar-refractivity contribution in [3.05, 3.63) is 24.3 Å². The Hall–Kier alpha value is -1.76. The fourth-order valence-corrected chi connectivity index (χ4v) is 2.00. The first kappa shape index (κ1) is 12.7. The first-order chi connectivity index (χ1) is 8.72. The highest BCUT2D eigenvalue weighted by atomic mass is 16.3. The number of aromatic nitrogens is 6. The summed E-state index contributed by atoms with van der Waals surface area (Å²) in [5.74, 6) is 1.38. The summed E-state index contributed by atoms with van der Waals surface area (Å²) >= 11 is 0. The minimum Gasteiger partial charge on any atom is -0.389 e. The van der Waals surface area contributed by atoms with Gasteiger partial charge in [0.2, 0.25) is 0 Å². The summed E-state index contributed by atoms with van der Waals surface area (Å²) in [6.07, 6.45) is 6.47. The van der Waals surface area contributed by atoms with Gasteiger partial charge in [0, 0.05) is 12.8 Å². The number of nitrogens with one attached hydrogen (secondary N) is 2. The zero-order chi connectivity index (χ0) is 12.8. The first-order valence-electron chi connectivity index (χ1n) is 6.13. The number of rotatable bonds is 7. The number of nitrogens with zero attached hydrogens (tertiary/aromatic N) is 4. The van der Waals surface area contributed by atoms with E-state index in [2.05, 4.69) is 37.3 Å². The SMILES string of the molecule is CCCCC(O)(Cc1ncn[nH]1)Cc1ncn[nH]1. The topological polar surface area (TPSA) is 103 Å². The molecule has 2 heterocycles. The average molecular weight is 250 g/mol. The van der Waals surface area contributed by atoms with Crippen molar-refractivity contribution in [1.82, 2.24) is 30.4 Å². The van der Waals surface area contributed by atoms with E-state index in [-0.39, 0.29) is 0 Å². The number of unbranched alkanes of at least 4 members (excludes halogenated alkanes) is 1. The van der Waals surface area contributed by atoms with Crippen LogP contribution in [0.2, 0.25) is 0 Å². The average Bonchev–Trinajstić information content (AvgIpc) is 3.00. The van der Waals surface area contributed by atoms with Gasteiger partial charge in [-0.25, -0.2) is 9.97 Å². The Kier molecular flexibility index (Phi) is 4.03. The van der Waals surface area contributed by atoms with E-state index in [1.54, 1.807) is 0 Å². The van der Waals surface area contributed by atoms with Crippen LogP contribution in [0.1, 0.15) is 37.8 Å². The normalized spacial score (nSPS) is 11.9. The van der Waals surface area contributed by atoms with Crippen molar-refractivity contribution in [2.75, 3.05) is 0 Å². The minimum atomic E-state index is -0.866. The maximum Gasteiger partial charge on any atom is 0.137 e. The standard InChI is InChI=1S/C11H18N6O/c1-2-3-4-11(18,5-9-12-7-14-16-9)6-10-13-8-15-17-10/h7-8,18H,2-6H2,1H3,(H,12,14,16)(H,13,15,17). The van der Waals surface area contributed by atoms with Crippen molar-refractivity contribution in [1.29, 1.82) is 0 Å². The van der Waals surface area contributed by atoms with Crippen LogP contribution in [0.4, 0.5) is 0 Å². The molecular weight excluding hydrogens is 232 g/mol. The largest absolute Gasteiger partial charge is 0.389 e. The molecule has 0 amide bonds. The molecule has 0 saturated heterocycles. The van der Waals surface area contributed by atoms with E-state index in [1.165, 1.54) is 12.7 Å². The van der Waals surface area contributed by atoms with E-state index in [4.69, 9.17) is 0 Å². The van der Waals surface area contributed by atoms with E-state index in [0.717, 1.165) is 12.8 Å². The molecule has 18 heavy (non-hydrogen) atoms. The Morgan fingerprint density at radius 3 is 2.06 bits per heavy atom. The van der Waals surface area contributed by atoms with Crippen molar-refractivity contribution in [2.45, 2.75) is 44.6 Å². The highest BCUT2D eigenvalue weighted by molar-refractivity contribution is 4.98. The molecule has 0 fully saturated rings. The first-order valence-corrected chi connectivity index (χ1v) is 6.13. The molecule has 2 rings (SSSR count). The van der Waals surface area contributed by atoms with Gasteiger partial charge < -0.3 is 5.11 Å². The Morgan fingerprint density at radius 1 is 1.11 bits per heavy atom. The van der Waals surface area contributed by atoms with E-state index >= 15 is 0 Å². The Labute approximate surface area is 105 Å². The number of hydrogen-bond acceptors (Lipinski definition) is 5.